The molecule has 0 saturated heterocycles. The van der Waals surface area contributed by atoms with Crippen LogP contribution in [0.25, 0.3) is 11.1 Å². The highest BCUT2D eigenvalue weighted by atomic mass is 19.4. The number of aryl methyl sites for hydroxylation is 2. The van der Waals surface area contributed by atoms with Gasteiger partial charge in [-0.3, -0.25) is 0 Å². The molecule has 0 radical (unpaired) electrons. The lowest BCUT2D eigenvalue weighted by molar-refractivity contribution is -0.137. The first-order chi connectivity index (χ1) is 10.1. The number of nitrogens with two attached hydrogens (primary N) is 1. The van der Waals surface area contributed by atoms with Crippen LogP contribution in [0.15, 0.2) is 24.3 Å². The van der Waals surface area contributed by atoms with Crippen molar-refractivity contribution in [2.75, 3.05) is 0 Å². The summed E-state index contributed by atoms with van der Waals surface area (Å²) in [4.78, 5) is 0. The number of phenols is 1. The number of hydrogen-bond acceptors (Lipinski definition) is 2. The van der Waals surface area contributed by atoms with Crippen LogP contribution in [0, 0.1) is 19.7 Å². The summed E-state index contributed by atoms with van der Waals surface area (Å²) in [6.07, 6.45) is -4.54. The highest BCUT2D eigenvalue weighted by Crippen LogP contribution is 2.39. The number of hydrogen-bond donors (Lipinski definition) is 2. The Balaban J connectivity index is 2.66. The van der Waals surface area contributed by atoms with Crippen LogP contribution < -0.4 is 5.73 Å². The summed E-state index contributed by atoms with van der Waals surface area (Å²) in [6, 6.07) is 4.54. The fourth-order valence-corrected chi connectivity index (χ4v) is 2.44. The molecule has 0 aliphatic rings. The predicted octanol–water partition coefficient (Wildman–Crippen LogP) is 4.29. The molecule has 0 atom stereocenters. The van der Waals surface area contributed by atoms with E-state index in [0.29, 0.717) is 17.2 Å². The third-order valence-corrected chi connectivity index (χ3v) is 3.48. The van der Waals surface area contributed by atoms with Crippen LogP contribution in [0.1, 0.15) is 22.3 Å². The molecule has 0 aromatic heterocycles. The van der Waals surface area contributed by atoms with Crippen molar-refractivity contribution in [1.82, 2.24) is 0 Å². The first-order valence-electron chi connectivity index (χ1n) is 6.55. The summed E-state index contributed by atoms with van der Waals surface area (Å²) in [6.45, 7) is 2.96. The zero-order valence-corrected chi connectivity index (χ0v) is 12.1. The minimum absolute atomic E-state index is 0.0407. The summed E-state index contributed by atoms with van der Waals surface area (Å²) in [5, 5.41) is 9.99. The lowest BCUT2D eigenvalue weighted by atomic mass is 9.94. The summed E-state index contributed by atoms with van der Waals surface area (Å²) in [5.41, 5.74) is 6.03. The van der Waals surface area contributed by atoms with Gasteiger partial charge in [-0.05, 0) is 54.8 Å². The van der Waals surface area contributed by atoms with Crippen LogP contribution in [0.3, 0.4) is 0 Å². The van der Waals surface area contributed by atoms with Crippen molar-refractivity contribution >= 4 is 0 Å². The van der Waals surface area contributed by atoms with Gasteiger partial charge in [0.05, 0.1) is 5.56 Å². The van der Waals surface area contributed by atoms with Gasteiger partial charge in [0.15, 0.2) is 0 Å². The maximum absolute atomic E-state index is 13.8. The molecule has 0 unspecified atom stereocenters. The Morgan fingerprint density at radius 3 is 2.18 bits per heavy atom. The Bertz CT molecular complexity index is 700. The van der Waals surface area contributed by atoms with E-state index in [1.807, 2.05) is 0 Å². The fraction of sp³-hybridized carbons (Fsp3) is 0.250. The Morgan fingerprint density at radius 2 is 1.68 bits per heavy atom. The number of benzene rings is 2. The molecule has 2 rings (SSSR count). The SMILES string of the molecule is Cc1cc(-c2c(C)cc(C(F)(F)F)cc2O)cc(CN)c1F. The van der Waals surface area contributed by atoms with E-state index in [0.717, 1.165) is 6.07 Å². The lowest BCUT2D eigenvalue weighted by Gasteiger charge is -2.15. The van der Waals surface area contributed by atoms with Crippen molar-refractivity contribution in [3.8, 4) is 16.9 Å². The van der Waals surface area contributed by atoms with Crippen LogP contribution in [0.5, 0.6) is 5.75 Å². The Hall–Kier alpha value is -2.08. The molecule has 6 heteroatoms. The number of alkyl halides is 3. The van der Waals surface area contributed by atoms with E-state index in [9.17, 15) is 22.7 Å². The summed E-state index contributed by atoms with van der Waals surface area (Å²) >= 11 is 0. The standard InChI is InChI=1S/C16H15F4NO/c1-8-4-12(16(18,19)20)6-13(22)14(8)10-3-9(2)15(17)11(5-10)7-21/h3-6,22H,7,21H2,1-2H3. The molecular weight excluding hydrogens is 298 g/mol. The van der Waals surface area contributed by atoms with Crippen LogP contribution in [0.2, 0.25) is 0 Å². The van der Waals surface area contributed by atoms with Gasteiger partial charge in [-0.1, -0.05) is 0 Å². The zero-order chi connectivity index (χ0) is 16.7. The van der Waals surface area contributed by atoms with Gasteiger partial charge in [-0.2, -0.15) is 13.2 Å². The topological polar surface area (TPSA) is 46.2 Å². The maximum atomic E-state index is 13.8. The first kappa shape index (κ1) is 16.3. The molecule has 2 aromatic rings. The molecule has 118 valence electrons. The lowest BCUT2D eigenvalue weighted by Crippen LogP contribution is -2.06. The molecule has 0 amide bonds. The normalized spacial score (nSPS) is 11.8. The Labute approximate surface area is 125 Å². The highest BCUT2D eigenvalue weighted by molar-refractivity contribution is 5.75. The monoisotopic (exact) mass is 313 g/mol. The minimum Gasteiger partial charge on any atom is -0.507 e. The number of halogens is 4. The number of aromatic hydroxyl groups is 1. The smallest absolute Gasteiger partial charge is 0.416 e. The van der Waals surface area contributed by atoms with Crippen molar-refractivity contribution in [3.05, 3.63) is 52.3 Å². The fourth-order valence-electron chi connectivity index (χ4n) is 2.44. The highest BCUT2D eigenvalue weighted by Gasteiger charge is 2.32. The molecule has 0 bridgehead atoms. The van der Waals surface area contributed by atoms with Crippen molar-refractivity contribution in [2.45, 2.75) is 26.6 Å². The molecule has 2 nitrogen and oxygen atoms in total. The van der Waals surface area contributed by atoms with Gasteiger partial charge >= 0.3 is 6.18 Å². The molecule has 0 fully saturated rings. The van der Waals surface area contributed by atoms with Crippen molar-refractivity contribution in [3.63, 3.8) is 0 Å². The van der Waals surface area contributed by atoms with Crippen LogP contribution >= 0.6 is 0 Å². The van der Waals surface area contributed by atoms with E-state index in [1.165, 1.54) is 26.0 Å². The quantitative estimate of drug-likeness (QED) is 0.812. The molecule has 0 aliphatic carbocycles. The second-order valence-electron chi connectivity index (χ2n) is 5.16. The van der Waals surface area contributed by atoms with E-state index < -0.39 is 23.3 Å². The van der Waals surface area contributed by atoms with Crippen molar-refractivity contribution in [2.24, 2.45) is 5.73 Å². The largest absolute Gasteiger partial charge is 0.507 e. The average molecular weight is 313 g/mol. The zero-order valence-electron chi connectivity index (χ0n) is 12.1. The molecule has 0 spiro atoms. The maximum Gasteiger partial charge on any atom is 0.416 e. The number of rotatable bonds is 2. The molecule has 2 aromatic carbocycles. The summed E-state index contributed by atoms with van der Waals surface area (Å²) in [5.74, 6) is -0.948. The van der Waals surface area contributed by atoms with Gasteiger partial charge < -0.3 is 10.8 Å². The van der Waals surface area contributed by atoms with Gasteiger partial charge in [-0.25, -0.2) is 4.39 Å². The molecule has 3 N–H and O–H groups in total. The first-order valence-corrected chi connectivity index (χ1v) is 6.55. The van der Waals surface area contributed by atoms with E-state index in [1.54, 1.807) is 0 Å². The van der Waals surface area contributed by atoms with E-state index in [2.05, 4.69) is 0 Å². The van der Waals surface area contributed by atoms with Crippen LogP contribution in [0.4, 0.5) is 17.6 Å². The Morgan fingerprint density at radius 1 is 1.05 bits per heavy atom. The van der Waals surface area contributed by atoms with Crippen molar-refractivity contribution in [1.29, 1.82) is 0 Å². The third kappa shape index (κ3) is 2.92. The van der Waals surface area contributed by atoms with Crippen LogP contribution in [-0.2, 0) is 12.7 Å². The summed E-state index contributed by atoms with van der Waals surface area (Å²) < 4.78 is 52.0. The summed E-state index contributed by atoms with van der Waals surface area (Å²) in [7, 11) is 0. The van der Waals surface area contributed by atoms with Gasteiger partial charge in [0.25, 0.3) is 0 Å². The molecule has 0 saturated carbocycles. The van der Waals surface area contributed by atoms with Gasteiger partial charge in [-0.15, -0.1) is 0 Å². The molecule has 0 aliphatic heterocycles. The van der Waals surface area contributed by atoms with Crippen LogP contribution in [-0.4, -0.2) is 5.11 Å². The molecule has 0 heterocycles. The molecule has 22 heavy (non-hydrogen) atoms. The minimum atomic E-state index is -4.54. The van der Waals surface area contributed by atoms with Crippen molar-refractivity contribution < 1.29 is 22.7 Å². The van der Waals surface area contributed by atoms with E-state index in [-0.39, 0.29) is 23.2 Å². The predicted molar refractivity (Wildman–Crippen MR) is 75.9 cm³/mol. The van der Waals surface area contributed by atoms with E-state index in [4.69, 9.17) is 5.73 Å². The second-order valence-corrected chi connectivity index (χ2v) is 5.16. The molecular formula is C16H15F4NO. The second kappa shape index (κ2) is 5.61. The number of phenolic OH excluding ortho intramolecular Hbond substituents is 1. The third-order valence-electron chi connectivity index (χ3n) is 3.48. The Kier molecular flexibility index (Phi) is 4.15. The van der Waals surface area contributed by atoms with Gasteiger partial charge in [0.2, 0.25) is 0 Å². The van der Waals surface area contributed by atoms with Gasteiger partial charge in [0.1, 0.15) is 11.6 Å². The average Bonchev–Trinajstić information content (AvgIpc) is 2.40. The van der Waals surface area contributed by atoms with E-state index >= 15 is 0 Å². The van der Waals surface area contributed by atoms with Gasteiger partial charge in [0, 0.05) is 17.7 Å².